The van der Waals surface area contributed by atoms with Gasteiger partial charge in [0.15, 0.2) is 0 Å². The maximum atomic E-state index is 13.1. The number of benzene rings is 1. The molecule has 120 valence electrons. The average Bonchev–Trinajstić information content (AvgIpc) is 3.16. The van der Waals surface area contributed by atoms with Crippen molar-refractivity contribution in [3.8, 4) is 0 Å². The highest BCUT2D eigenvalue weighted by Gasteiger charge is 2.35. The second-order valence-electron chi connectivity index (χ2n) is 6.15. The summed E-state index contributed by atoms with van der Waals surface area (Å²) in [6, 6.07) is 6.82. The van der Waals surface area contributed by atoms with E-state index in [-0.39, 0.29) is 17.8 Å². The lowest BCUT2D eigenvalue weighted by atomic mass is 10.1. The Balaban J connectivity index is 1.48. The second kappa shape index (κ2) is 7.20. The number of aryl methyl sites for hydroxylation is 1. The fraction of sp³-hybridized carbons (Fsp3) is 0.588. The van der Waals surface area contributed by atoms with E-state index >= 15 is 0 Å². The van der Waals surface area contributed by atoms with Crippen LogP contribution in [0, 0.1) is 5.82 Å². The molecule has 0 bridgehead atoms. The van der Waals surface area contributed by atoms with Crippen molar-refractivity contribution in [1.82, 2.24) is 10.2 Å². The molecule has 2 saturated heterocycles. The van der Waals surface area contributed by atoms with Gasteiger partial charge in [-0.15, -0.1) is 0 Å². The number of halogens is 1. The molecule has 1 amide bonds. The smallest absolute Gasteiger partial charge is 0.220 e. The molecule has 0 radical (unpaired) electrons. The Morgan fingerprint density at radius 3 is 2.91 bits per heavy atom. The van der Waals surface area contributed by atoms with E-state index in [0.717, 1.165) is 18.7 Å². The van der Waals surface area contributed by atoms with E-state index in [0.29, 0.717) is 32.1 Å². The number of likely N-dealkylation sites (tertiary alicyclic amines) is 1. The molecule has 1 aromatic rings. The third kappa shape index (κ3) is 3.84. The van der Waals surface area contributed by atoms with Gasteiger partial charge >= 0.3 is 0 Å². The Hall–Kier alpha value is -1.46. The SMILES string of the molecule is O=C(CCc1cccc(F)c1)N[C@H]1COC[C@@H]1N1CCCC1. The lowest BCUT2D eigenvalue weighted by molar-refractivity contribution is -0.122. The summed E-state index contributed by atoms with van der Waals surface area (Å²) in [5, 5.41) is 3.09. The molecule has 2 heterocycles. The van der Waals surface area contributed by atoms with E-state index in [4.69, 9.17) is 4.74 Å². The number of nitrogens with one attached hydrogen (secondary N) is 1. The minimum Gasteiger partial charge on any atom is -0.378 e. The molecule has 0 unspecified atom stereocenters. The minimum atomic E-state index is -0.254. The maximum absolute atomic E-state index is 13.1. The molecule has 0 saturated carbocycles. The largest absolute Gasteiger partial charge is 0.378 e. The van der Waals surface area contributed by atoms with Crippen LogP contribution in [0.25, 0.3) is 0 Å². The monoisotopic (exact) mass is 306 g/mol. The molecular formula is C17H23FN2O2. The van der Waals surface area contributed by atoms with Crippen molar-refractivity contribution in [1.29, 1.82) is 0 Å². The molecular weight excluding hydrogens is 283 g/mol. The summed E-state index contributed by atoms with van der Waals surface area (Å²) in [7, 11) is 0. The first kappa shape index (κ1) is 15.4. The zero-order valence-electron chi connectivity index (χ0n) is 12.8. The normalized spacial score (nSPS) is 25.5. The van der Waals surface area contributed by atoms with E-state index < -0.39 is 0 Å². The summed E-state index contributed by atoms with van der Waals surface area (Å²) >= 11 is 0. The van der Waals surface area contributed by atoms with Gasteiger partial charge in [0.1, 0.15) is 5.82 Å². The number of hydrogen-bond acceptors (Lipinski definition) is 3. The first-order valence-electron chi connectivity index (χ1n) is 8.08. The maximum Gasteiger partial charge on any atom is 0.220 e. The van der Waals surface area contributed by atoms with Crippen molar-refractivity contribution in [2.45, 2.75) is 37.8 Å². The summed E-state index contributed by atoms with van der Waals surface area (Å²) in [5.41, 5.74) is 0.855. The van der Waals surface area contributed by atoms with Gasteiger partial charge in [0.25, 0.3) is 0 Å². The summed E-state index contributed by atoms with van der Waals surface area (Å²) in [6.45, 7) is 3.50. The fourth-order valence-electron chi connectivity index (χ4n) is 3.34. The lowest BCUT2D eigenvalue weighted by Gasteiger charge is -2.27. The van der Waals surface area contributed by atoms with Crippen LogP contribution in [0.4, 0.5) is 4.39 Å². The minimum absolute atomic E-state index is 0.0176. The van der Waals surface area contributed by atoms with Gasteiger partial charge in [-0.25, -0.2) is 4.39 Å². The number of amides is 1. The predicted octanol–water partition coefficient (Wildman–Crippen LogP) is 1.74. The molecule has 0 spiro atoms. The highest BCUT2D eigenvalue weighted by atomic mass is 19.1. The Labute approximate surface area is 130 Å². The van der Waals surface area contributed by atoms with Gasteiger partial charge in [-0.2, -0.15) is 0 Å². The summed E-state index contributed by atoms with van der Waals surface area (Å²) in [4.78, 5) is 14.6. The van der Waals surface area contributed by atoms with Crippen molar-refractivity contribution in [2.24, 2.45) is 0 Å². The number of ether oxygens (including phenoxy) is 1. The van der Waals surface area contributed by atoms with Gasteiger partial charge in [0, 0.05) is 6.42 Å². The summed E-state index contributed by atoms with van der Waals surface area (Å²) in [6.07, 6.45) is 3.41. The van der Waals surface area contributed by atoms with Gasteiger partial charge in [-0.05, 0) is 50.0 Å². The van der Waals surface area contributed by atoms with Crippen LogP contribution < -0.4 is 5.32 Å². The summed E-state index contributed by atoms with van der Waals surface area (Å²) in [5.74, 6) is -0.236. The Morgan fingerprint density at radius 2 is 2.14 bits per heavy atom. The molecule has 2 atom stereocenters. The van der Waals surface area contributed by atoms with Crippen LogP contribution in [0.1, 0.15) is 24.8 Å². The molecule has 1 aromatic carbocycles. The Kier molecular flexibility index (Phi) is 5.05. The van der Waals surface area contributed by atoms with Gasteiger partial charge < -0.3 is 10.1 Å². The molecule has 0 aromatic heterocycles. The van der Waals surface area contributed by atoms with Crippen LogP contribution in [0.15, 0.2) is 24.3 Å². The van der Waals surface area contributed by atoms with Crippen LogP contribution in [0.2, 0.25) is 0 Å². The topological polar surface area (TPSA) is 41.6 Å². The van der Waals surface area contributed by atoms with Crippen LogP contribution in [-0.2, 0) is 16.0 Å². The van der Waals surface area contributed by atoms with Gasteiger partial charge in [0.05, 0.1) is 25.3 Å². The van der Waals surface area contributed by atoms with Gasteiger partial charge in [-0.1, -0.05) is 12.1 Å². The van der Waals surface area contributed by atoms with Gasteiger partial charge in [-0.3, -0.25) is 9.69 Å². The Bertz CT molecular complexity index is 517. The molecule has 22 heavy (non-hydrogen) atoms. The third-order valence-corrected chi connectivity index (χ3v) is 4.54. The molecule has 1 N–H and O–H groups in total. The van der Waals surface area contributed by atoms with Crippen molar-refractivity contribution in [3.05, 3.63) is 35.6 Å². The van der Waals surface area contributed by atoms with Crippen molar-refractivity contribution < 1.29 is 13.9 Å². The highest BCUT2D eigenvalue weighted by Crippen LogP contribution is 2.19. The third-order valence-electron chi connectivity index (χ3n) is 4.54. The highest BCUT2D eigenvalue weighted by molar-refractivity contribution is 5.76. The number of nitrogens with zero attached hydrogens (tertiary/aromatic N) is 1. The molecule has 3 rings (SSSR count). The van der Waals surface area contributed by atoms with E-state index in [9.17, 15) is 9.18 Å². The number of carbonyl (C=O) groups excluding carboxylic acids is 1. The average molecular weight is 306 g/mol. The zero-order chi connectivity index (χ0) is 15.4. The van der Waals surface area contributed by atoms with E-state index in [1.54, 1.807) is 6.07 Å². The first-order valence-corrected chi connectivity index (χ1v) is 8.08. The number of carbonyl (C=O) groups is 1. The van der Waals surface area contributed by atoms with Crippen LogP contribution in [0.3, 0.4) is 0 Å². The van der Waals surface area contributed by atoms with Crippen molar-refractivity contribution in [2.75, 3.05) is 26.3 Å². The molecule has 5 heteroatoms. The van der Waals surface area contributed by atoms with Crippen LogP contribution >= 0.6 is 0 Å². The number of rotatable bonds is 5. The first-order chi connectivity index (χ1) is 10.7. The molecule has 2 aliphatic rings. The molecule has 2 fully saturated rings. The Morgan fingerprint density at radius 1 is 1.32 bits per heavy atom. The molecule has 4 nitrogen and oxygen atoms in total. The van der Waals surface area contributed by atoms with E-state index in [1.807, 2.05) is 6.07 Å². The fourth-order valence-corrected chi connectivity index (χ4v) is 3.34. The van der Waals surface area contributed by atoms with Crippen LogP contribution in [0.5, 0.6) is 0 Å². The van der Waals surface area contributed by atoms with Crippen molar-refractivity contribution in [3.63, 3.8) is 0 Å². The van der Waals surface area contributed by atoms with Gasteiger partial charge in [0.2, 0.25) is 5.91 Å². The number of hydrogen-bond donors (Lipinski definition) is 1. The van der Waals surface area contributed by atoms with Crippen LogP contribution in [-0.4, -0.2) is 49.2 Å². The van der Waals surface area contributed by atoms with E-state index in [1.165, 1.54) is 25.0 Å². The van der Waals surface area contributed by atoms with E-state index in [2.05, 4.69) is 10.2 Å². The second-order valence-corrected chi connectivity index (χ2v) is 6.15. The molecule has 2 aliphatic heterocycles. The lowest BCUT2D eigenvalue weighted by Crippen LogP contribution is -2.50. The van der Waals surface area contributed by atoms with Crippen molar-refractivity contribution >= 4 is 5.91 Å². The predicted molar refractivity (Wildman–Crippen MR) is 82.1 cm³/mol. The zero-order valence-corrected chi connectivity index (χ0v) is 12.8. The standard InChI is InChI=1S/C17H23FN2O2/c18-14-5-3-4-13(10-14)6-7-17(21)19-15-11-22-12-16(15)20-8-1-2-9-20/h3-5,10,15-16H,1-2,6-9,11-12H2,(H,19,21)/t15-,16-/m0/s1. The molecule has 0 aliphatic carbocycles. The quantitative estimate of drug-likeness (QED) is 0.901. The summed E-state index contributed by atoms with van der Waals surface area (Å²) < 4.78 is 18.7.